The van der Waals surface area contributed by atoms with Crippen molar-refractivity contribution in [3.8, 4) is 5.75 Å². The third-order valence-electron chi connectivity index (χ3n) is 3.02. The van der Waals surface area contributed by atoms with Gasteiger partial charge in [-0.25, -0.2) is 4.79 Å². The SMILES string of the molecule is COC(=O)c1cn(C)c2cc(OC)c(C(F)(F)F)cc12. The van der Waals surface area contributed by atoms with E-state index >= 15 is 0 Å². The van der Waals surface area contributed by atoms with Gasteiger partial charge < -0.3 is 14.0 Å². The number of fused-ring (bicyclic) bond motifs is 1. The van der Waals surface area contributed by atoms with Gasteiger partial charge in [0.15, 0.2) is 0 Å². The van der Waals surface area contributed by atoms with Crippen LogP contribution in [0.1, 0.15) is 15.9 Å². The van der Waals surface area contributed by atoms with Gasteiger partial charge in [0.25, 0.3) is 0 Å². The molecule has 0 saturated heterocycles. The zero-order chi connectivity index (χ0) is 15.1. The van der Waals surface area contributed by atoms with E-state index in [-0.39, 0.29) is 16.7 Å². The summed E-state index contributed by atoms with van der Waals surface area (Å²) in [5, 5.41) is 0.174. The largest absolute Gasteiger partial charge is 0.496 e. The number of methoxy groups -OCH3 is 2. The summed E-state index contributed by atoms with van der Waals surface area (Å²) in [5.74, 6) is -0.975. The first-order chi connectivity index (χ1) is 9.29. The van der Waals surface area contributed by atoms with Crippen molar-refractivity contribution < 1.29 is 27.4 Å². The van der Waals surface area contributed by atoms with E-state index in [2.05, 4.69) is 4.74 Å². The van der Waals surface area contributed by atoms with Crippen LogP contribution in [0.2, 0.25) is 0 Å². The second kappa shape index (κ2) is 4.73. The minimum Gasteiger partial charge on any atom is -0.496 e. The van der Waals surface area contributed by atoms with Gasteiger partial charge in [0, 0.05) is 24.7 Å². The van der Waals surface area contributed by atoms with Crippen molar-refractivity contribution in [1.29, 1.82) is 0 Å². The predicted octanol–water partition coefficient (Wildman–Crippen LogP) is 2.99. The maximum Gasteiger partial charge on any atom is 0.419 e. The number of rotatable bonds is 2. The fraction of sp³-hybridized carbons (Fsp3) is 0.308. The van der Waals surface area contributed by atoms with Crippen LogP contribution < -0.4 is 4.74 Å². The molecule has 0 N–H and O–H groups in total. The molecule has 0 bridgehead atoms. The summed E-state index contributed by atoms with van der Waals surface area (Å²) in [6, 6.07) is 2.16. The smallest absolute Gasteiger partial charge is 0.419 e. The molecule has 1 heterocycles. The van der Waals surface area contributed by atoms with Crippen molar-refractivity contribution >= 4 is 16.9 Å². The number of carbonyl (C=O) groups is 1. The number of aromatic nitrogens is 1. The molecule has 0 unspecified atom stereocenters. The average molecular weight is 287 g/mol. The third-order valence-corrected chi connectivity index (χ3v) is 3.02. The maximum atomic E-state index is 13.0. The Morgan fingerprint density at radius 3 is 2.40 bits per heavy atom. The molecule has 1 aromatic heterocycles. The van der Waals surface area contributed by atoms with Gasteiger partial charge in [0.2, 0.25) is 0 Å². The Hall–Kier alpha value is -2.18. The first-order valence-corrected chi connectivity index (χ1v) is 5.62. The van der Waals surface area contributed by atoms with E-state index in [1.807, 2.05) is 0 Å². The number of nitrogens with zero attached hydrogens (tertiary/aromatic N) is 1. The van der Waals surface area contributed by atoms with Crippen LogP contribution in [0.5, 0.6) is 5.75 Å². The maximum absolute atomic E-state index is 13.0. The summed E-state index contributed by atoms with van der Waals surface area (Å²) >= 11 is 0. The number of carbonyl (C=O) groups excluding carboxylic acids is 1. The lowest BCUT2D eigenvalue weighted by atomic mass is 10.1. The Kier molecular flexibility index (Phi) is 3.37. The molecule has 20 heavy (non-hydrogen) atoms. The van der Waals surface area contributed by atoms with E-state index in [1.165, 1.54) is 26.5 Å². The number of ether oxygens (including phenoxy) is 2. The van der Waals surface area contributed by atoms with Crippen molar-refractivity contribution in [2.45, 2.75) is 6.18 Å². The highest BCUT2D eigenvalue weighted by Gasteiger charge is 2.35. The number of hydrogen-bond donors (Lipinski definition) is 0. The zero-order valence-electron chi connectivity index (χ0n) is 11.0. The van der Waals surface area contributed by atoms with Gasteiger partial charge >= 0.3 is 12.1 Å². The average Bonchev–Trinajstić information content (AvgIpc) is 2.72. The Balaban J connectivity index is 2.81. The molecule has 7 heteroatoms. The highest BCUT2D eigenvalue weighted by atomic mass is 19.4. The van der Waals surface area contributed by atoms with Gasteiger partial charge in [-0.3, -0.25) is 0 Å². The number of hydrogen-bond acceptors (Lipinski definition) is 3. The summed E-state index contributed by atoms with van der Waals surface area (Å²) in [7, 11) is 3.97. The van der Waals surface area contributed by atoms with Crippen LogP contribution in [0, 0.1) is 0 Å². The van der Waals surface area contributed by atoms with Crippen molar-refractivity contribution in [3.63, 3.8) is 0 Å². The summed E-state index contributed by atoms with van der Waals surface area (Å²) in [4.78, 5) is 11.6. The van der Waals surface area contributed by atoms with Gasteiger partial charge in [-0.05, 0) is 6.07 Å². The molecule has 0 fully saturated rings. The standard InChI is InChI=1S/C13H12F3NO3/c1-17-6-8(12(18)20-3)7-4-9(13(14,15)16)11(19-2)5-10(7)17/h4-6H,1-3H3. The molecule has 2 rings (SSSR count). The molecule has 0 saturated carbocycles. The summed E-state index contributed by atoms with van der Waals surface area (Å²) in [6.07, 6.45) is -3.14. The van der Waals surface area contributed by atoms with Crippen LogP contribution in [-0.4, -0.2) is 24.8 Å². The first-order valence-electron chi connectivity index (χ1n) is 5.62. The molecule has 108 valence electrons. The van der Waals surface area contributed by atoms with Crippen LogP contribution in [-0.2, 0) is 18.0 Å². The molecule has 0 atom stereocenters. The van der Waals surface area contributed by atoms with Crippen molar-refractivity contribution in [2.75, 3.05) is 14.2 Å². The molecular formula is C13H12F3NO3. The molecule has 0 amide bonds. The van der Waals surface area contributed by atoms with Crippen LogP contribution in [0.25, 0.3) is 10.9 Å². The monoisotopic (exact) mass is 287 g/mol. The molecule has 0 spiro atoms. The van der Waals surface area contributed by atoms with E-state index < -0.39 is 17.7 Å². The van der Waals surface area contributed by atoms with Crippen LogP contribution in [0.4, 0.5) is 13.2 Å². The fourth-order valence-corrected chi connectivity index (χ4v) is 2.07. The number of benzene rings is 1. The topological polar surface area (TPSA) is 40.5 Å². The molecule has 0 aliphatic heterocycles. The number of esters is 1. The Bertz CT molecular complexity index is 674. The van der Waals surface area contributed by atoms with Crippen LogP contribution in [0.15, 0.2) is 18.3 Å². The van der Waals surface area contributed by atoms with E-state index in [0.29, 0.717) is 5.52 Å². The minimum atomic E-state index is -4.57. The predicted molar refractivity (Wildman–Crippen MR) is 65.8 cm³/mol. The lowest BCUT2D eigenvalue weighted by Crippen LogP contribution is -2.08. The van der Waals surface area contributed by atoms with Crippen molar-refractivity contribution in [3.05, 3.63) is 29.5 Å². The lowest BCUT2D eigenvalue weighted by Gasteiger charge is -2.12. The Morgan fingerprint density at radius 2 is 1.90 bits per heavy atom. The third kappa shape index (κ3) is 2.19. The van der Waals surface area contributed by atoms with Crippen LogP contribution in [0.3, 0.4) is 0 Å². The first kappa shape index (κ1) is 14.2. The normalized spacial score (nSPS) is 11.7. The number of alkyl halides is 3. The summed E-state index contributed by atoms with van der Waals surface area (Å²) in [6.45, 7) is 0. The van der Waals surface area contributed by atoms with Gasteiger partial charge in [-0.15, -0.1) is 0 Å². The molecule has 0 aliphatic rings. The highest BCUT2D eigenvalue weighted by Crippen LogP contribution is 2.39. The van der Waals surface area contributed by atoms with E-state index in [9.17, 15) is 18.0 Å². The molecule has 4 nitrogen and oxygen atoms in total. The van der Waals surface area contributed by atoms with E-state index in [4.69, 9.17) is 4.74 Å². The zero-order valence-corrected chi connectivity index (χ0v) is 11.0. The van der Waals surface area contributed by atoms with Gasteiger partial charge in [0.05, 0.1) is 30.9 Å². The number of aryl methyl sites for hydroxylation is 1. The molecule has 0 radical (unpaired) electrons. The van der Waals surface area contributed by atoms with Crippen LogP contribution >= 0.6 is 0 Å². The van der Waals surface area contributed by atoms with Gasteiger partial charge in [-0.1, -0.05) is 0 Å². The molecule has 2 aromatic rings. The minimum absolute atomic E-state index is 0.0816. The second-order valence-corrected chi connectivity index (χ2v) is 4.21. The molecular weight excluding hydrogens is 275 g/mol. The van der Waals surface area contributed by atoms with Crippen molar-refractivity contribution in [1.82, 2.24) is 4.57 Å². The van der Waals surface area contributed by atoms with E-state index in [0.717, 1.165) is 6.07 Å². The Labute approximate surface area is 112 Å². The van der Waals surface area contributed by atoms with E-state index in [1.54, 1.807) is 11.6 Å². The Morgan fingerprint density at radius 1 is 1.25 bits per heavy atom. The fourth-order valence-electron chi connectivity index (χ4n) is 2.07. The summed E-state index contributed by atoms with van der Waals surface area (Å²) < 4.78 is 49.8. The van der Waals surface area contributed by atoms with Crippen molar-refractivity contribution in [2.24, 2.45) is 7.05 Å². The molecule has 0 aliphatic carbocycles. The molecule has 1 aromatic carbocycles. The second-order valence-electron chi connectivity index (χ2n) is 4.21. The lowest BCUT2D eigenvalue weighted by molar-refractivity contribution is -0.138. The summed E-state index contributed by atoms with van der Waals surface area (Å²) in [5.41, 5.74) is -0.391. The van der Waals surface area contributed by atoms with Gasteiger partial charge in [-0.2, -0.15) is 13.2 Å². The quantitative estimate of drug-likeness (QED) is 0.797. The number of halogens is 3. The van der Waals surface area contributed by atoms with Gasteiger partial charge in [0.1, 0.15) is 5.75 Å². The highest BCUT2D eigenvalue weighted by molar-refractivity contribution is 6.05.